The standard InChI is InChI=1S/C6H12N2O/c1-5(8-2)3-4-6(7)9/h8H,1,3-4H2,2H3,(H2,7,9). The van der Waals surface area contributed by atoms with Crippen LogP contribution >= 0.6 is 0 Å². The van der Waals surface area contributed by atoms with E-state index in [4.69, 9.17) is 5.73 Å². The fraction of sp³-hybridized carbons (Fsp3) is 0.500. The highest BCUT2D eigenvalue weighted by molar-refractivity contribution is 5.73. The van der Waals surface area contributed by atoms with Crippen molar-refractivity contribution in [3.63, 3.8) is 0 Å². The Bertz CT molecular complexity index is 120. The normalized spacial score (nSPS) is 8.56. The molecule has 3 N–H and O–H groups in total. The summed E-state index contributed by atoms with van der Waals surface area (Å²) < 4.78 is 0. The van der Waals surface area contributed by atoms with Gasteiger partial charge in [-0.15, -0.1) is 0 Å². The fourth-order valence-electron chi connectivity index (χ4n) is 0.399. The summed E-state index contributed by atoms with van der Waals surface area (Å²) in [6.07, 6.45) is 1.01. The van der Waals surface area contributed by atoms with E-state index >= 15 is 0 Å². The van der Waals surface area contributed by atoms with Crippen LogP contribution in [0.2, 0.25) is 0 Å². The predicted molar refractivity (Wildman–Crippen MR) is 36.6 cm³/mol. The van der Waals surface area contributed by atoms with Gasteiger partial charge in [0.05, 0.1) is 0 Å². The molecule has 0 atom stereocenters. The SMILES string of the molecule is C=C(CCC(N)=O)NC. The molecule has 0 aliphatic heterocycles. The average molecular weight is 128 g/mol. The van der Waals surface area contributed by atoms with Crippen molar-refractivity contribution in [3.05, 3.63) is 12.3 Å². The molecule has 0 aromatic heterocycles. The summed E-state index contributed by atoms with van der Waals surface area (Å²) in [5.41, 5.74) is 5.73. The molecule has 0 aromatic carbocycles. The van der Waals surface area contributed by atoms with Gasteiger partial charge in [-0.25, -0.2) is 0 Å². The molecule has 1 amide bonds. The molecule has 0 spiro atoms. The quantitative estimate of drug-likeness (QED) is 0.559. The van der Waals surface area contributed by atoms with E-state index in [1.807, 2.05) is 0 Å². The van der Waals surface area contributed by atoms with Gasteiger partial charge in [0.1, 0.15) is 0 Å². The first-order chi connectivity index (χ1) is 4.16. The zero-order valence-electron chi connectivity index (χ0n) is 5.61. The number of carbonyl (C=O) groups excluding carboxylic acids is 1. The van der Waals surface area contributed by atoms with Crippen molar-refractivity contribution in [2.75, 3.05) is 7.05 Å². The third-order valence-electron chi connectivity index (χ3n) is 1.03. The summed E-state index contributed by atoms with van der Waals surface area (Å²) >= 11 is 0. The summed E-state index contributed by atoms with van der Waals surface area (Å²) in [6.45, 7) is 3.63. The average Bonchev–Trinajstić information content (AvgIpc) is 1.83. The molecule has 3 heteroatoms. The van der Waals surface area contributed by atoms with E-state index in [0.717, 1.165) is 5.70 Å². The first-order valence-electron chi connectivity index (χ1n) is 2.80. The van der Waals surface area contributed by atoms with Crippen LogP contribution in [-0.2, 0) is 4.79 Å². The van der Waals surface area contributed by atoms with Gasteiger partial charge < -0.3 is 11.1 Å². The van der Waals surface area contributed by atoms with E-state index in [1.165, 1.54) is 0 Å². The highest BCUT2D eigenvalue weighted by Crippen LogP contribution is 1.94. The Labute approximate surface area is 54.9 Å². The number of carbonyl (C=O) groups is 1. The third kappa shape index (κ3) is 4.87. The lowest BCUT2D eigenvalue weighted by Gasteiger charge is -2.00. The van der Waals surface area contributed by atoms with Gasteiger partial charge in [0.15, 0.2) is 0 Å². The van der Waals surface area contributed by atoms with Crippen LogP contribution < -0.4 is 11.1 Å². The van der Waals surface area contributed by atoms with Crippen molar-refractivity contribution in [2.45, 2.75) is 12.8 Å². The molecule has 0 aliphatic carbocycles. The monoisotopic (exact) mass is 128 g/mol. The third-order valence-corrected chi connectivity index (χ3v) is 1.03. The Kier molecular flexibility index (Phi) is 3.51. The largest absolute Gasteiger partial charge is 0.392 e. The minimum absolute atomic E-state index is 0.286. The highest BCUT2D eigenvalue weighted by atomic mass is 16.1. The molecule has 0 aliphatic rings. The van der Waals surface area contributed by atoms with Crippen molar-refractivity contribution >= 4 is 5.91 Å². The molecule has 0 unspecified atom stereocenters. The van der Waals surface area contributed by atoms with Crippen LogP contribution in [-0.4, -0.2) is 13.0 Å². The summed E-state index contributed by atoms with van der Waals surface area (Å²) in [4.78, 5) is 10.2. The highest BCUT2D eigenvalue weighted by Gasteiger charge is 1.94. The lowest BCUT2D eigenvalue weighted by molar-refractivity contribution is -0.118. The fourth-order valence-corrected chi connectivity index (χ4v) is 0.399. The molecule has 0 bridgehead atoms. The molecular weight excluding hydrogens is 116 g/mol. The summed E-state index contributed by atoms with van der Waals surface area (Å²) in [5.74, 6) is -0.286. The van der Waals surface area contributed by atoms with E-state index in [0.29, 0.717) is 12.8 Å². The number of allylic oxidation sites excluding steroid dienone is 1. The van der Waals surface area contributed by atoms with E-state index in [2.05, 4.69) is 11.9 Å². The Hall–Kier alpha value is -0.990. The second-order valence-electron chi connectivity index (χ2n) is 1.82. The Balaban J connectivity index is 3.28. The molecule has 0 radical (unpaired) electrons. The van der Waals surface area contributed by atoms with Crippen molar-refractivity contribution in [1.29, 1.82) is 0 Å². The van der Waals surface area contributed by atoms with Gasteiger partial charge in [-0.05, 0) is 6.42 Å². The topological polar surface area (TPSA) is 55.1 Å². The first kappa shape index (κ1) is 8.01. The number of hydrogen-bond acceptors (Lipinski definition) is 2. The summed E-state index contributed by atoms with van der Waals surface area (Å²) in [6, 6.07) is 0. The maximum absolute atomic E-state index is 10.2. The van der Waals surface area contributed by atoms with Gasteiger partial charge >= 0.3 is 0 Å². The number of amides is 1. The van der Waals surface area contributed by atoms with Crippen LogP contribution in [0.25, 0.3) is 0 Å². The molecule has 0 heterocycles. The van der Waals surface area contributed by atoms with Gasteiger partial charge in [-0.3, -0.25) is 4.79 Å². The second kappa shape index (κ2) is 3.95. The Morgan fingerprint density at radius 3 is 2.56 bits per heavy atom. The van der Waals surface area contributed by atoms with Crippen LogP contribution in [0.1, 0.15) is 12.8 Å². The number of hydrogen-bond donors (Lipinski definition) is 2. The van der Waals surface area contributed by atoms with E-state index < -0.39 is 0 Å². The molecule has 52 valence electrons. The van der Waals surface area contributed by atoms with Crippen LogP contribution in [0, 0.1) is 0 Å². The van der Waals surface area contributed by atoms with E-state index in [9.17, 15) is 4.79 Å². The number of nitrogens with two attached hydrogens (primary N) is 1. The van der Waals surface area contributed by atoms with Crippen molar-refractivity contribution in [1.82, 2.24) is 5.32 Å². The van der Waals surface area contributed by atoms with Gasteiger partial charge in [-0.1, -0.05) is 6.58 Å². The lowest BCUT2D eigenvalue weighted by Crippen LogP contribution is -2.13. The zero-order valence-corrected chi connectivity index (χ0v) is 5.61. The Morgan fingerprint density at radius 1 is 1.67 bits per heavy atom. The Morgan fingerprint density at radius 2 is 2.22 bits per heavy atom. The zero-order chi connectivity index (χ0) is 7.28. The lowest BCUT2D eigenvalue weighted by atomic mass is 10.2. The van der Waals surface area contributed by atoms with Gasteiger partial charge in [0.2, 0.25) is 5.91 Å². The molecule has 0 saturated carbocycles. The number of primary amides is 1. The smallest absolute Gasteiger partial charge is 0.217 e. The molecule has 0 aromatic rings. The van der Waals surface area contributed by atoms with Crippen molar-refractivity contribution in [3.8, 4) is 0 Å². The number of rotatable bonds is 4. The van der Waals surface area contributed by atoms with Crippen LogP contribution in [0.4, 0.5) is 0 Å². The van der Waals surface area contributed by atoms with Crippen molar-refractivity contribution in [2.24, 2.45) is 5.73 Å². The van der Waals surface area contributed by atoms with Crippen molar-refractivity contribution < 1.29 is 4.79 Å². The number of nitrogens with one attached hydrogen (secondary N) is 1. The van der Waals surface area contributed by atoms with Crippen LogP contribution in [0.5, 0.6) is 0 Å². The minimum Gasteiger partial charge on any atom is -0.392 e. The van der Waals surface area contributed by atoms with Crippen LogP contribution in [0.3, 0.4) is 0 Å². The van der Waals surface area contributed by atoms with Gasteiger partial charge in [-0.2, -0.15) is 0 Å². The molecule has 0 rings (SSSR count). The van der Waals surface area contributed by atoms with E-state index in [1.54, 1.807) is 7.05 Å². The van der Waals surface area contributed by atoms with E-state index in [-0.39, 0.29) is 5.91 Å². The minimum atomic E-state index is -0.286. The molecule has 0 fully saturated rings. The molecule has 9 heavy (non-hydrogen) atoms. The van der Waals surface area contributed by atoms with Gasteiger partial charge in [0.25, 0.3) is 0 Å². The molecular formula is C6H12N2O. The maximum Gasteiger partial charge on any atom is 0.217 e. The second-order valence-corrected chi connectivity index (χ2v) is 1.82. The summed E-state index contributed by atoms with van der Waals surface area (Å²) in [7, 11) is 1.77. The maximum atomic E-state index is 10.2. The molecule has 3 nitrogen and oxygen atoms in total. The predicted octanol–water partition coefficient (Wildman–Crippen LogP) is -0.0150. The van der Waals surface area contributed by atoms with Crippen LogP contribution in [0.15, 0.2) is 12.3 Å². The first-order valence-corrected chi connectivity index (χ1v) is 2.80. The summed E-state index contributed by atoms with van der Waals surface area (Å²) in [5, 5.41) is 2.82. The van der Waals surface area contributed by atoms with Gasteiger partial charge in [0, 0.05) is 19.2 Å². The molecule has 0 saturated heterocycles.